The highest BCUT2D eigenvalue weighted by Crippen LogP contribution is 2.11. The zero-order valence-corrected chi connectivity index (χ0v) is 11.3. The van der Waals surface area contributed by atoms with Gasteiger partial charge in [0.1, 0.15) is 11.4 Å². The van der Waals surface area contributed by atoms with Gasteiger partial charge >= 0.3 is 5.69 Å². The van der Waals surface area contributed by atoms with Crippen molar-refractivity contribution in [2.24, 2.45) is 5.10 Å². The largest absolute Gasteiger partial charge is 0.494 e. The summed E-state index contributed by atoms with van der Waals surface area (Å²) in [6.45, 7) is 4.29. The highest BCUT2D eigenvalue weighted by Gasteiger charge is 2.00. The minimum atomic E-state index is -0.519. The number of anilines is 1. The van der Waals surface area contributed by atoms with Crippen molar-refractivity contribution in [1.82, 2.24) is 15.2 Å². The molecule has 7 nitrogen and oxygen atoms in total. The Morgan fingerprint density at radius 2 is 2.15 bits per heavy atom. The third-order valence-corrected chi connectivity index (χ3v) is 2.45. The van der Waals surface area contributed by atoms with Crippen LogP contribution in [0.1, 0.15) is 18.2 Å². The molecule has 2 rings (SSSR count). The molecule has 0 saturated heterocycles. The van der Waals surface area contributed by atoms with E-state index >= 15 is 0 Å². The molecule has 1 heterocycles. The molecule has 0 saturated carbocycles. The van der Waals surface area contributed by atoms with Crippen LogP contribution in [0.25, 0.3) is 0 Å². The fourth-order valence-electron chi connectivity index (χ4n) is 1.48. The van der Waals surface area contributed by atoms with Gasteiger partial charge in [-0.15, -0.1) is 0 Å². The van der Waals surface area contributed by atoms with Crippen LogP contribution in [0.3, 0.4) is 0 Å². The number of hydrogen-bond acceptors (Lipinski definition) is 6. The van der Waals surface area contributed by atoms with Crippen LogP contribution in [0.2, 0.25) is 0 Å². The van der Waals surface area contributed by atoms with E-state index in [4.69, 9.17) is 4.74 Å². The number of aryl methyl sites for hydroxylation is 1. The number of nitrogens with one attached hydrogen (secondary N) is 2. The second-order valence-corrected chi connectivity index (χ2v) is 3.95. The lowest BCUT2D eigenvalue weighted by atomic mass is 10.2. The number of benzene rings is 1. The molecule has 1 aromatic carbocycles. The van der Waals surface area contributed by atoms with E-state index in [1.54, 1.807) is 13.1 Å². The van der Waals surface area contributed by atoms with Crippen molar-refractivity contribution in [1.29, 1.82) is 0 Å². The van der Waals surface area contributed by atoms with Gasteiger partial charge < -0.3 is 4.74 Å². The van der Waals surface area contributed by atoms with Crippen LogP contribution in [-0.4, -0.2) is 28.0 Å². The Morgan fingerprint density at radius 1 is 1.40 bits per heavy atom. The second kappa shape index (κ2) is 6.46. The Hall–Kier alpha value is -2.70. The third kappa shape index (κ3) is 3.64. The van der Waals surface area contributed by atoms with Gasteiger partial charge in [0.25, 0.3) is 0 Å². The van der Waals surface area contributed by atoms with E-state index in [2.05, 4.69) is 25.7 Å². The number of H-pyrrole nitrogens is 1. The molecule has 0 aliphatic heterocycles. The molecule has 1 aromatic heterocycles. The minimum absolute atomic E-state index is 0.330. The first kappa shape index (κ1) is 13.7. The highest BCUT2D eigenvalue weighted by molar-refractivity contribution is 5.80. The van der Waals surface area contributed by atoms with Gasteiger partial charge in [0.05, 0.1) is 12.8 Å². The maximum atomic E-state index is 11.0. The average Bonchev–Trinajstić information content (AvgIpc) is 2.45. The molecule has 2 aromatic rings. The first-order valence-electron chi connectivity index (χ1n) is 6.14. The lowest BCUT2D eigenvalue weighted by Crippen LogP contribution is -2.15. The summed E-state index contributed by atoms with van der Waals surface area (Å²) in [4.78, 5) is 14.8. The van der Waals surface area contributed by atoms with Crippen molar-refractivity contribution < 1.29 is 4.74 Å². The van der Waals surface area contributed by atoms with Crippen molar-refractivity contribution in [3.05, 3.63) is 46.0 Å². The number of hydrazone groups is 1. The maximum Gasteiger partial charge on any atom is 0.363 e. The molecule has 0 bridgehead atoms. The molecule has 0 unspecified atom stereocenters. The van der Waals surface area contributed by atoms with E-state index in [1.807, 2.05) is 31.2 Å². The van der Waals surface area contributed by atoms with E-state index < -0.39 is 5.69 Å². The van der Waals surface area contributed by atoms with Crippen LogP contribution in [0.5, 0.6) is 5.75 Å². The predicted octanol–water partition coefficient (Wildman–Crippen LogP) is 1.32. The molecule has 0 atom stereocenters. The van der Waals surface area contributed by atoms with Crippen molar-refractivity contribution in [2.75, 3.05) is 12.0 Å². The summed E-state index contributed by atoms with van der Waals surface area (Å²) in [6, 6.07) is 7.49. The molecule has 0 fully saturated rings. The smallest absolute Gasteiger partial charge is 0.363 e. The minimum Gasteiger partial charge on any atom is -0.494 e. The zero-order chi connectivity index (χ0) is 14.4. The normalized spacial score (nSPS) is 10.7. The summed E-state index contributed by atoms with van der Waals surface area (Å²) in [5, 5.41) is 10.0. The molecule has 7 heteroatoms. The summed E-state index contributed by atoms with van der Waals surface area (Å²) < 4.78 is 5.35. The maximum absolute atomic E-state index is 11.0. The standard InChI is InChI=1S/C13H15N5O2/c1-3-20-11-6-4-10(5-7-11)8-14-17-12-9(2)16-18-13(19)15-12/h4-8H,3H2,1-2H3,(H2,15,17,18,19)/b14-8-. The Bertz CT molecular complexity index is 649. The fourth-order valence-corrected chi connectivity index (χ4v) is 1.48. The number of ether oxygens (including phenoxy) is 1. The summed E-state index contributed by atoms with van der Waals surface area (Å²) in [6.07, 6.45) is 1.62. The average molecular weight is 273 g/mol. The quantitative estimate of drug-likeness (QED) is 0.633. The number of rotatable bonds is 5. The number of nitrogens with zero attached hydrogens (tertiary/aromatic N) is 3. The predicted molar refractivity (Wildman–Crippen MR) is 76.2 cm³/mol. The number of aromatic amines is 1. The molecule has 2 N–H and O–H groups in total. The molecule has 0 aliphatic rings. The molecule has 0 spiro atoms. The van der Waals surface area contributed by atoms with Crippen LogP contribution in [-0.2, 0) is 0 Å². The third-order valence-electron chi connectivity index (χ3n) is 2.45. The molecular weight excluding hydrogens is 258 g/mol. The summed E-state index contributed by atoms with van der Waals surface area (Å²) >= 11 is 0. The number of hydrogen-bond donors (Lipinski definition) is 2. The van der Waals surface area contributed by atoms with Gasteiger partial charge in [0.15, 0.2) is 5.82 Å². The highest BCUT2D eigenvalue weighted by atomic mass is 16.5. The van der Waals surface area contributed by atoms with Gasteiger partial charge in [0, 0.05) is 0 Å². The van der Waals surface area contributed by atoms with E-state index in [-0.39, 0.29) is 0 Å². The van der Waals surface area contributed by atoms with E-state index in [0.717, 1.165) is 11.3 Å². The van der Waals surface area contributed by atoms with Crippen molar-refractivity contribution in [3.63, 3.8) is 0 Å². The zero-order valence-electron chi connectivity index (χ0n) is 11.3. The van der Waals surface area contributed by atoms with Crippen LogP contribution < -0.4 is 15.9 Å². The Labute approximate surface area is 115 Å². The van der Waals surface area contributed by atoms with Crippen molar-refractivity contribution in [2.45, 2.75) is 13.8 Å². The Balaban J connectivity index is 2.02. The SMILES string of the molecule is CCOc1ccc(/C=N\Nc2nc(=O)[nH]nc2C)cc1. The van der Waals surface area contributed by atoms with E-state index in [1.165, 1.54) is 0 Å². The van der Waals surface area contributed by atoms with Gasteiger partial charge in [-0.1, -0.05) is 0 Å². The first-order chi connectivity index (χ1) is 9.69. The van der Waals surface area contributed by atoms with Crippen LogP contribution in [0.4, 0.5) is 5.82 Å². The summed E-state index contributed by atoms with van der Waals surface area (Å²) in [5.41, 5.74) is 3.63. The lowest BCUT2D eigenvalue weighted by Gasteiger charge is -2.02. The van der Waals surface area contributed by atoms with Crippen LogP contribution in [0, 0.1) is 6.92 Å². The summed E-state index contributed by atoms with van der Waals surface area (Å²) in [7, 11) is 0. The first-order valence-corrected chi connectivity index (χ1v) is 6.14. The van der Waals surface area contributed by atoms with Crippen molar-refractivity contribution >= 4 is 12.0 Å². The molecule has 0 aliphatic carbocycles. The molecular formula is C13H15N5O2. The molecule has 0 radical (unpaired) electrons. The van der Waals surface area contributed by atoms with Crippen LogP contribution >= 0.6 is 0 Å². The second-order valence-electron chi connectivity index (χ2n) is 3.95. The lowest BCUT2D eigenvalue weighted by molar-refractivity contribution is 0.340. The van der Waals surface area contributed by atoms with Crippen molar-refractivity contribution in [3.8, 4) is 5.75 Å². The fraction of sp³-hybridized carbons (Fsp3) is 0.231. The Kier molecular flexibility index (Phi) is 4.43. The van der Waals surface area contributed by atoms with E-state index in [9.17, 15) is 4.79 Å². The van der Waals surface area contributed by atoms with Gasteiger partial charge in [-0.25, -0.2) is 9.89 Å². The van der Waals surface area contributed by atoms with Gasteiger partial charge in [-0.05, 0) is 43.7 Å². The van der Waals surface area contributed by atoms with Crippen LogP contribution in [0.15, 0.2) is 34.2 Å². The molecule has 20 heavy (non-hydrogen) atoms. The molecule has 104 valence electrons. The van der Waals surface area contributed by atoms with Gasteiger partial charge in [-0.2, -0.15) is 15.2 Å². The monoisotopic (exact) mass is 273 g/mol. The van der Waals surface area contributed by atoms with E-state index in [0.29, 0.717) is 18.1 Å². The topological polar surface area (TPSA) is 92.3 Å². The Morgan fingerprint density at radius 3 is 2.85 bits per heavy atom. The number of aromatic nitrogens is 3. The van der Waals surface area contributed by atoms with Gasteiger partial charge in [-0.3, -0.25) is 5.43 Å². The molecule has 0 amide bonds. The summed E-state index contributed by atoms with van der Waals surface area (Å²) in [5.74, 6) is 1.14. The van der Waals surface area contributed by atoms with Gasteiger partial charge in [0.2, 0.25) is 0 Å².